The molecule has 7 heteroatoms. The molecular weight excluding hydrogens is 306 g/mol. The highest BCUT2D eigenvalue weighted by molar-refractivity contribution is 5.72. The van der Waals surface area contributed by atoms with Crippen LogP contribution in [0.1, 0.15) is 37.0 Å². The predicted molar refractivity (Wildman–Crippen MR) is 88.4 cm³/mol. The number of aromatic amines is 1. The molecule has 3 aromatic rings. The number of aryl methyl sites for hydroxylation is 1. The van der Waals surface area contributed by atoms with Crippen LogP contribution >= 0.6 is 0 Å². The first-order valence-corrected chi connectivity index (χ1v) is 8.41. The Morgan fingerprint density at radius 3 is 3.08 bits per heavy atom. The Kier molecular flexibility index (Phi) is 4.27. The summed E-state index contributed by atoms with van der Waals surface area (Å²) in [5, 5.41) is 7.30. The number of morpholine rings is 1. The van der Waals surface area contributed by atoms with E-state index in [2.05, 4.69) is 32.0 Å². The molecule has 24 heavy (non-hydrogen) atoms. The Morgan fingerprint density at radius 2 is 2.21 bits per heavy atom. The molecule has 2 aromatic heterocycles. The first kappa shape index (κ1) is 15.3. The highest BCUT2D eigenvalue weighted by atomic mass is 16.5. The molecular formula is C17H21N5O2. The number of benzene rings is 1. The van der Waals surface area contributed by atoms with Crippen molar-refractivity contribution in [2.24, 2.45) is 0 Å². The highest BCUT2D eigenvalue weighted by Gasteiger charge is 2.26. The van der Waals surface area contributed by atoms with Crippen molar-refractivity contribution in [3.8, 4) is 0 Å². The van der Waals surface area contributed by atoms with E-state index in [1.165, 1.54) is 0 Å². The van der Waals surface area contributed by atoms with Crippen LogP contribution in [-0.4, -0.2) is 44.8 Å². The third kappa shape index (κ3) is 3.18. The van der Waals surface area contributed by atoms with Crippen LogP contribution in [0.15, 0.2) is 28.7 Å². The summed E-state index contributed by atoms with van der Waals surface area (Å²) in [6.07, 6.45) is 1.85. The third-order valence-electron chi connectivity index (χ3n) is 4.17. The van der Waals surface area contributed by atoms with E-state index < -0.39 is 0 Å². The van der Waals surface area contributed by atoms with Gasteiger partial charge in [-0.1, -0.05) is 19.1 Å². The SMILES string of the molecule is CCCc1nc([C@H]2CN(Cc3nc4ccccc4o3)CCO2)n[nH]1. The van der Waals surface area contributed by atoms with E-state index in [1.807, 2.05) is 24.3 Å². The molecule has 126 valence electrons. The molecule has 4 rings (SSSR count). The van der Waals surface area contributed by atoms with Crippen molar-refractivity contribution >= 4 is 11.1 Å². The highest BCUT2D eigenvalue weighted by Crippen LogP contribution is 2.22. The standard InChI is InChI=1S/C17H21N5O2/c1-2-5-15-19-17(21-20-15)14-10-22(8-9-23-14)11-16-18-12-6-3-4-7-13(12)24-16/h3-4,6-7,14H,2,5,8-11H2,1H3,(H,19,20,21)/t14-/m1/s1. The van der Waals surface area contributed by atoms with E-state index in [9.17, 15) is 0 Å². The summed E-state index contributed by atoms with van der Waals surface area (Å²) in [5.74, 6) is 2.39. The van der Waals surface area contributed by atoms with Crippen molar-refractivity contribution in [3.05, 3.63) is 41.8 Å². The van der Waals surface area contributed by atoms with Crippen molar-refractivity contribution in [2.75, 3.05) is 19.7 Å². The van der Waals surface area contributed by atoms with Crippen molar-refractivity contribution in [1.29, 1.82) is 0 Å². The molecule has 1 N–H and O–H groups in total. The number of nitrogens with zero attached hydrogens (tertiary/aromatic N) is 4. The average molecular weight is 327 g/mol. The number of hydrogen-bond acceptors (Lipinski definition) is 6. The van der Waals surface area contributed by atoms with Crippen molar-refractivity contribution in [3.63, 3.8) is 0 Å². The molecule has 1 fully saturated rings. The van der Waals surface area contributed by atoms with Crippen molar-refractivity contribution in [1.82, 2.24) is 25.1 Å². The van der Waals surface area contributed by atoms with Gasteiger partial charge in [-0.15, -0.1) is 0 Å². The van der Waals surface area contributed by atoms with Gasteiger partial charge in [0.1, 0.15) is 17.4 Å². The van der Waals surface area contributed by atoms with E-state index in [0.29, 0.717) is 13.2 Å². The Hall–Kier alpha value is -2.25. The maximum atomic E-state index is 5.84. The van der Waals surface area contributed by atoms with Gasteiger partial charge in [0.25, 0.3) is 0 Å². The lowest BCUT2D eigenvalue weighted by atomic mass is 10.2. The van der Waals surface area contributed by atoms with Crippen LogP contribution in [0.5, 0.6) is 0 Å². The van der Waals surface area contributed by atoms with Gasteiger partial charge < -0.3 is 9.15 Å². The molecule has 1 saturated heterocycles. The zero-order chi connectivity index (χ0) is 16.4. The summed E-state index contributed by atoms with van der Waals surface area (Å²) in [5.41, 5.74) is 1.73. The minimum absolute atomic E-state index is 0.106. The molecule has 1 atom stereocenters. The summed E-state index contributed by atoms with van der Waals surface area (Å²) in [4.78, 5) is 11.4. The van der Waals surface area contributed by atoms with Gasteiger partial charge >= 0.3 is 0 Å². The quantitative estimate of drug-likeness (QED) is 0.775. The minimum atomic E-state index is -0.106. The number of oxazole rings is 1. The summed E-state index contributed by atoms with van der Waals surface area (Å²) in [6.45, 7) is 5.04. The van der Waals surface area contributed by atoms with E-state index in [0.717, 1.165) is 54.6 Å². The number of H-pyrrole nitrogens is 1. The van der Waals surface area contributed by atoms with Crippen LogP contribution < -0.4 is 0 Å². The van der Waals surface area contributed by atoms with Crippen molar-refractivity contribution in [2.45, 2.75) is 32.4 Å². The average Bonchev–Trinajstić information content (AvgIpc) is 3.21. The molecule has 3 heterocycles. The second-order valence-electron chi connectivity index (χ2n) is 6.06. The molecule has 7 nitrogen and oxygen atoms in total. The number of ether oxygens (including phenoxy) is 1. The van der Waals surface area contributed by atoms with Gasteiger partial charge in [-0.05, 0) is 18.6 Å². The van der Waals surface area contributed by atoms with Gasteiger partial charge in [0, 0.05) is 19.5 Å². The second-order valence-corrected chi connectivity index (χ2v) is 6.06. The normalized spacial score (nSPS) is 19.1. The van der Waals surface area contributed by atoms with E-state index in [4.69, 9.17) is 9.15 Å². The second kappa shape index (κ2) is 6.70. The zero-order valence-electron chi connectivity index (χ0n) is 13.7. The number of aromatic nitrogens is 4. The number of hydrogen-bond donors (Lipinski definition) is 1. The first-order chi connectivity index (χ1) is 11.8. The van der Waals surface area contributed by atoms with E-state index in [-0.39, 0.29) is 6.10 Å². The molecule has 0 unspecified atom stereocenters. The maximum Gasteiger partial charge on any atom is 0.209 e. The van der Waals surface area contributed by atoms with Gasteiger partial charge in [-0.3, -0.25) is 10.00 Å². The molecule has 1 aliphatic rings. The zero-order valence-corrected chi connectivity index (χ0v) is 13.7. The fourth-order valence-electron chi connectivity index (χ4n) is 2.98. The molecule has 0 aliphatic carbocycles. The smallest absolute Gasteiger partial charge is 0.209 e. The number of nitrogens with one attached hydrogen (secondary N) is 1. The number of para-hydroxylation sites is 2. The Labute approximate surface area is 140 Å². The lowest BCUT2D eigenvalue weighted by molar-refractivity contribution is -0.0391. The van der Waals surface area contributed by atoms with E-state index in [1.54, 1.807) is 0 Å². The third-order valence-corrected chi connectivity index (χ3v) is 4.17. The number of fused-ring (bicyclic) bond motifs is 1. The molecule has 0 radical (unpaired) electrons. The summed E-state index contributed by atoms with van der Waals surface area (Å²) in [6, 6.07) is 7.83. The number of rotatable bonds is 5. The van der Waals surface area contributed by atoms with Crippen LogP contribution in [0.2, 0.25) is 0 Å². The lowest BCUT2D eigenvalue weighted by Crippen LogP contribution is -2.38. The summed E-state index contributed by atoms with van der Waals surface area (Å²) in [7, 11) is 0. The van der Waals surface area contributed by atoms with Crippen molar-refractivity contribution < 1.29 is 9.15 Å². The first-order valence-electron chi connectivity index (χ1n) is 8.41. The molecule has 0 spiro atoms. The molecule has 0 saturated carbocycles. The topological polar surface area (TPSA) is 80.1 Å². The van der Waals surface area contributed by atoms with Gasteiger partial charge in [0.05, 0.1) is 13.2 Å². The Bertz CT molecular complexity index is 779. The lowest BCUT2D eigenvalue weighted by Gasteiger charge is -2.30. The van der Waals surface area contributed by atoms with Crippen LogP contribution in [0.4, 0.5) is 0 Å². The van der Waals surface area contributed by atoms with Crippen LogP contribution in [0.3, 0.4) is 0 Å². The molecule has 0 bridgehead atoms. The fraction of sp³-hybridized carbons (Fsp3) is 0.471. The monoisotopic (exact) mass is 327 g/mol. The van der Waals surface area contributed by atoms with Gasteiger partial charge in [0.2, 0.25) is 5.89 Å². The predicted octanol–water partition coefficient (Wildman–Crippen LogP) is 2.47. The summed E-state index contributed by atoms with van der Waals surface area (Å²) >= 11 is 0. The fourth-order valence-corrected chi connectivity index (χ4v) is 2.98. The molecule has 1 aromatic carbocycles. The van der Waals surface area contributed by atoms with Crippen LogP contribution in [0.25, 0.3) is 11.1 Å². The van der Waals surface area contributed by atoms with Gasteiger partial charge in [0.15, 0.2) is 11.4 Å². The van der Waals surface area contributed by atoms with E-state index >= 15 is 0 Å². The Balaban J connectivity index is 1.44. The minimum Gasteiger partial charge on any atom is -0.439 e. The van der Waals surface area contributed by atoms with Gasteiger partial charge in [-0.2, -0.15) is 5.10 Å². The molecule has 1 aliphatic heterocycles. The Morgan fingerprint density at radius 1 is 1.29 bits per heavy atom. The van der Waals surface area contributed by atoms with Crippen LogP contribution in [-0.2, 0) is 17.7 Å². The summed E-state index contributed by atoms with van der Waals surface area (Å²) < 4.78 is 11.7. The molecule has 0 amide bonds. The van der Waals surface area contributed by atoms with Crippen LogP contribution in [0, 0.1) is 0 Å². The maximum absolute atomic E-state index is 5.84. The van der Waals surface area contributed by atoms with Gasteiger partial charge in [-0.25, -0.2) is 9.97 Å². The largest absolute Gasteiger partial charge is 0.439 e.